The van der Waals surface area contributed by atoms with Crippen LogP contribution in [0, 0.1) is 12.7 Å². The number of carbonyl (C=O) groups is 1. The number of amides is 1. The van der Waals surface area contributed by atoms with Gasteiger partial charge in [-0.25, -0.2) is 9.37 Å². The Balaban J connectivity index is 1.87. The van der Waals surface area contributed by atoms with Crippen LogP contribution in [-0.2, 0) is 0 Å². The molecule has 1 amide bonds. The Morgan fingerprint density at radius 3 is 2.82 bits per heavy atom. The van der Waals surface area contributed by atoms with E-state index in [2.05, 4.69) is 15.2 Å². The number of benzene rings is 1. The topological polar surface area (TPSA) is 45.2 Å². The second-order valence-corrected chi connectivity index (χ2v) is 5.51. The molecular formula is C17H18FN3O. The van der Waals surface area contributed by atoms with E-state index in [1.54, 1.807) is 30.5 Å². The van der Waals surface area contributed by atoms with Gasteiger partial charge in [0.2, 0.25) is 0 Å². The van der Waals surface area contributed by atoms with E-state index in [1.807, 2.05) is 6.92 Å². The Kier molecular flexibility index (Phi) is 4.04. The third-order valence-corrected chi connectivity index (χ3v) is 3.81. The molecule has 0 atom stereocenters. The van der Waals surface area contributed by atoms with Crippen LogP contribution in [0.15, 0.2) is 36.5 Å². The number of pyridine rings is 1. The third-order valence-electron chi connectivity index (χ3n) is 3.81. The van der Waals surface area contributed by atoms with Crippen LogP contribution in [0.2, 0.25) is 0 Å². The zero-order valence-corrected chi connectivity index (χ0v) is 12.5. The maximum absolute atomic E-state index is 13.8. The van der Waals surface area contributed by atoms with Crippen LogP contribution >= 0.6 is 0 Å². The van der Waals surface area contributed by atoms with Crippen molar-refractivity contribution in [3.8, 4) is 0 Å². The molecule has 1 aromatic carbocycles. The van der Waals surface area contributed by atoms with Crippen molar-refractivity contribution in [2.24, 2.45) is 0 Å². The van der Waals surface area contributed by atoms with Crippen molar-refractivity contribution < 1.29 is 9.18 Å². The minimum atomic E-state index is -0.439. The number of carbonyl (C=O) groups excluding carboxylic acids is 1. The summed E-state index contributed by atoms with van der Waals surface area (Å²) in [4.78, 5) is 18.9. The fraction of sp³-hybridized carbons (Fsp3) is 0.294. The highest BCUT2D eigenvalue weighted by molar-refractivity contribution is 6.07. The lowest BCUT2D eigenvalue weighted by Crippen LogP contribution is -2.24. The summed E-state index contributed by atoms with van der Waals surface area (Å²) >= 11 is 0. The molecule has 1 aliphatic heterocycles. The lowest BCUT2D eigenvalue weighted by Gasteiger charge is -2.19. The molecule has 1 aliphatic rings. The largest absolute Gasteiger partial charge is 0.356 e. The van der Waals surface area contributed by atoms with Crippen LogP contribution < -0.4 is 10.2 Å². The van der Waals surface area contributed by atoms with E-state index in [9.17, 15) is 9.18 Å². The van der Waals surface area contributed by atoms with Gasteiger partial charge in [-0.2, -0.15) is 0 Å². The van der Waals surface area contributed by atoms with E-state index in [4.69, 9.17) is 0 Å². The molecule has 5 heteroatoms. The van der Waals surface area contributed by atoms with Gasteiger partial charge >= 0.3 is 0 Å². The summed E-state index contributed by atoms with van der Waals surface area (Å²) in [6.45, 7) is 3.65. The van der Waals surface area contributed by atoms with E-state index in [1.165, 1.54) is 6.07 Å². The van der Waals surface area contributed by atoms with Crippen LogP contribution in [0.1, 0.15) is 28.8 Å². The average molecular weight is 299 g/mol. The smallest absolute Gasteiger partial charge is 0.259 e. The number of nitrogens with zero attached hydrogens (tertiary/aromatic N) is 2. The molecule has 1 N–H and O–H groups in total. The monoisotopic (exact) mass is 299 g/mol. The summed E-state index contributed by atoms with van der Waals surface area (Å²) in [5, 5.41) is 2.65. The standard InChI is InChI=1S/C17H18FN3O/c1-12-6-7-14(18)15(11-12)20-17(22)13-5-4-8-19-16(13)21-9-2-3-10-21/h4-8,11H,2-3,9-10H2,1H3,(H,20,22). The lowest BCUT2D eigenvalue weighted by atomic mass is 10.2. The first-order valence-electron chi connectivity index (χ1n) is 7.42. The zero-order valence-electron chi connectivity index (χ0n) is 12.5. The van der Waals surface area contributed by atoms with Gasteiger partial charge in [0.05, 0.1) is 11.3 Å². The third kappa shape index (κ3) is 2.93. The highest BCUT2D eigenvalue weighted by Crippen LogP contribution is 2.23. The molecule has 0 radical (unpaired) electrons. The molecule has 1 saturated heterocycles. The highest BCUT2D eigenvalue weighted by Gasteiger charge is 2.21. The first-order chi connectivity index (χ1) is 10.6. The van der Waals surface area contributed by atoms with Crippen LogP contribution in [0.25, 0.3) is 0 Å². The van der Waals surface area contributed by atoms with Crippen LogP contribution in [-0.4, -0.2) is 24.0 Å². The van der Waals surface area contributed by atoms with E-state index in [0.717, 1.165) is 31.5 Å². The first kappa shape index (κ1) is 14.5. The van der Waals surface area contributed by atoms with E-state index >= 15 is 0 Å². The summed E-state index contributed by atoms with van der Waals surface area (Å²) in [5.41, 5.74) is 1.56. The summed E-state index contributed by atoms with van der Waals surface area (Å²) in [6, 6.07) is 8.10. The molecule has 0 unspecified atom stereocenters. The number of aromatic nitrogens is 1. The van der Waals surface area contributed by atoms with Crippen molar-refractivity contribution in [1.29, 1.82) is 0 Å². The van der Waals surface area contributed by atoms with E-state index in [0.29, 0.717) is 11.4 Å². The highest BCUT2D eigenvalue weighted by atomic mass is 19.1. The number of aryl methyl sites for hydroxylation is 1. The summed E-state index contributed by atoms with van der Waals surface area (Å²) in [7, 11) is 0. The van der Waals surface area contributed by atoms with Crippen LogP contribution in [0.4, 0.5) is 15.9 Å². The molecule has 0 bridgehead atoms. The Morgan fingerprint density at radius 1 is 1.27 bits per heavy atom. The van der Waals surface area contributed by atoms with Crippen LogP contribution in [0.5, 0.6) is 0 Å². The van der Waals surface area contributed by atoms with E-state index in [-0.39, 0.29) is 11.6 Å². The van der Waals surface area contributed by atoms with Crippen molar-refractivity contribution >= 4 is 17.4 Å². The number of hydrogen-bond donors (Lipinski definition) is 1. The van der Waals surface area contributed by atoms with Crippen molar-refractivity contribution in [1.82, 2.24) is 4.98 Å². The quantitative estimate of drug-likeness (QED) is 0.945. The van der Waals surface area contributed by atoms with Gasteiger partial charge in [0, 0.05) is 19.3 Å². The summed E-state index contributed by atoms with van der Waals surface area (Å²) in [6.07, 6.45) is 3.88. The minimum absolute atomic E-state index is 0.196. The molecule has 2 heterocycles. The predicted molar refractivity (Wildman–Crippen MR) is 84.8 cm³/mol. The van der Waals surface area contributed by atoms with Gasteiger partial charge in [0.15, 0.2) is 0 Å². The van der Waals surface area contributed by atoms with Crippen molar-refractivity contribution in [2.75, 3.05) is 23.3 Å². The number of hydrogen-bond acceptors (Lipinski definition) is 3. The molecule has 0 saturated carbocycles. The first-order valence-corrected chi connectivity index (χ1v) is 7.42. The van der Waals surface area contributed by atoms with Gasteiger partial charge in [-0.1, -0.05) is 6.07 Å². The normalized spacial score (nSPS) is 14.2. The molecular weight excluding hydrogens is 281 g/mol. The van der Waals surface area contributed by atoms with Gasteiger partial charge in [-0.05, 0) is 49.6 Å². The molecule has 22 heavy (non-hydrogen) atoms. The van der Waals surface area contributed by atoms with Gasteiger partial charge < -0.3 is 10.2 Å². The van der Waals surface area contributed by atoms with Crippen molar-refractivity contribution in [3.63, 3.8) is 0 Å². The fourth-order valence-corrected chi connectivity index (χ4v) is 2.68. The fourth-order valence-electron chi connectivity index (χ4n) is 2.68. The molecule has 1 aromatic heterocycles. The Hall–Kier alpha value is -2.43. The number of nitrogens with one attached hydrogen (secondary N) is 1. The van der Waals surface area contributed by atoms with Crippen molar-refractivity contribution in [3.05, 3.63) is 53.5 Å². The summed E-state index contributed by atoms with van der Waals surface area (Å²) < 4.78 is 13.8. The molecule has 3 rings (SSSR count). The minimum Gasteiger partial charge on any atom is -0.356 e. The molecule has 1 fully saturated rings. The maximum atomic E-state index is 13.8. The second kappa shape index (κ2) is 6.13. The summed E-state index contributed by atoms with van der Waals surface area (Å²) in [5.74, 6) is -0.101. The second-order valence-electron chi connectivity index (χ2n) is 5.51. The zero-order chi connectivity index (χ0) is 15.5. The van der Waals surface area contributed by atoms with Gasteiger partial charge in [-0.3, -0.25) is 4.79 Å². The molecule has 114 valence electrons. The molecule has 0 spiro atoms. The average Bonchev–Trinajstić information content (AvgIpc) is 3.05. The maximum Gasteiger partial charge on any atom is 0.259 e. The van der Waals surface area contributed by atoms with Crippen LogP contribution in [0.3, 0.4) is 0 Å². The lowest BCUT2D eigenvalue weighted by molar-refractivity contribution is 0.102. The Bertz CT molecular complexity index is 696. The molecule has 4 nitrogen and oxygen atoms in total. The molecule has 0 aliphatic carbocycles. The Morgan fingerprint density at radius 2 is 2.05 bits per heavy atom. The Labute approximate surface area is 129 Å². The number of halogens is 1. The van der Waals surface area contributed by atoms with Gasteiger partial charge in [-0.15, -0.1) is 0 Å². The van der Waals surface area contributed by atoms with E-state index < -0.39 is 5.82 Å². The predicted octanol–water partition coefficient (Wildman–Crippen LogP) is 3.38. The number of rotatable bonds is 3. The van der Waals surface area contributed by atoms with Gasteiger partial charge in [0.1, 0.15) is 11.6 Å². The molecule has 2 aromatic rings. The van der Waals surface area contributed by atoms with Crippen molar-refractivity contribution in [2.45, 2.75) is 19.8 Å². The van der Waals surface area contributed by atoms with Gasteiger partial charge in [0.25, 0.3) is 5.91 Å². The SMILES string of the molecule is Cc1ccc(F)c(NC(=O)c2cccnc2N2CCCC2)c1. The number of anilines is 2.